The summed E-state index contributed by atoms with van der Waals surface area (Å²) in [6.07, 6.45) is 1.35. The summed E-state index contributed by atoms with van der Waals surface area (Å²) >= 11 is 0. The van der Waals surface area contributed by atoms with Crippen molar-refractivity contribution in [3.8, 4) is 0 Å². The predicted molar refractivity (Wildman–Crippen MR) is 117 cm³/mol. The van der Waals surface area contributed by atoms with E-state index < -0.39 is 0 Å². The number of hydrogen-bond acceptors (Lipinski definition) is 2. The molecule has 4 aromatic carbocycles. The maximum Gasteiger partial charge on any atom is 0.0437 e. The molecule has 0 radical (unpaired) electrons. The summed E-state index contributed by atoms with van der Waals surface area (Å²) in [4.78, 5) is 0. The molecule has 142 valence electrons. The van der Waals surface area contributed by atoms with Crippen LogP contribution >= 0.6 is 0 Å². The maximum absolute atomic E-state index is 9.78. The summed E-state index contributed by atoms with van der Waals surface area (Å²) in [5, 5.41) is 24.4. The highest BCUT2D eigenvalue weighted by molar-refractivity contribution is 5.84. The normalized spacial score (nSPS) is 13.6. The van der Waals surface area contributed by atoms with Gasteiger partial charge in [0.1, 0.15) is 0 Å². The third kappa shape index (κ3) is 3.80. The fraction of sp³-hybridized carbons (Fsp3) is 0.231. The lowest BCUT2D eigenvalue weighted by molar-refractivity contribution is 0.240. The Hall–Kier alpha value is -2.68. The Labute approximate surface area is 166 Å². The molecule has 0 bridgehead atoms. The molecule has 0 amide bonds. The van der Waals surface area contributed by atoms with Crippen molar-refractivity contribution in [3.05, 3.63) is 96.1 Å². The van der Waals surface area contributed by atoms with E-state index in [2.05, 4.69) is 84.9 Å². The van der Waals surface area contributed by atoms with Crippen molar-refractivity contribution in [2.24, 2.45) is 0 Å². The van der Waals surface area contributed by atoms with E-state index in [4.69, 9.17) is 0 Å². The van der Waals surface area contributed by atoms with E-state index in [0.29, 0.717) is 12.8 Å². The highest BCUT2D eigenvalue weighted by atomic mass is 16.3. The summed E-state index contributed by atoms with van der Waals surface area (Å²) in [7, 11) is 0. The van der Waals surface area contributed by atoms with Crippen molar-refractivity contribution < 1.29 is 10.2 Å². The van der Waals surface area contributed by atoms with E-state index in [-0.39, 0.29) is 25.0 Å². The van der Waals surface area contributed by atoms with Crippen molar-refractivity contribution in [1.82, 2.24) is 0 Å². The largest absolute Gasteiger partial charge is 0.396 e. The predicted octanol–water partition coefficient (Wildman–Crippen LogP) is 5.63. The van der Waals surface area contributed by atoms with Crippen molar-refractivity contribution in [1.29, 1.82) is 0 Å². The van der Waals surface area contributed by atoms with Crippen LogP contribution in [0.15, 0.2) is 84.9 Å². The zero-order chi connectivity index (χ0) is 19.3. The van der Waals surface area contributed by atoms with Gasteiger partial charge in [-0.1, -0.05) is 84.9 Å². The summed E-state index contributed by atoms with van der Waals surface area (Å²) in [5.41, 5.74) is 2.44. The van der Waals surface area contributed by atoms with Gasteiger partial charge in [-0.15, -0.1) is 0 Å². The van der Waals surface area contributed by atoms with Crippen molar-refractivity contribution in [2.75, 3.05) is 13.2 Å². The van der Waals surface area contributed by atoms with Gasteiger partial charge in [0.05, 0.1) is 0 Å². The Morgan fingerprint density at radius 1 is 0.500 bits per heavy atom. The number of aliphatic hydroxyl groups is 2. The molecule has 0 saturated heterocycles. The van der Waals surface area contributed by atoms with Gasteiger partial charge in [-0.05, 0) is 57.3 Å². The van der Waals surface area contributed by atoms with Gasteiger partial charge in [0.2, 0.25) is 0 Å². The highest BCUT2D eigenvalue weighted by Gasteiger charge is 2.24. The quantitative estimate of drug-likeness (QED) is 0.443. The molecule has 0 saturated carbocycles. The Bertz CT molecular complexity index is 983. The lowest BCUT2D eigenvalue weighted by Gasteiger charge is -2.28. The van der Waals surface area contributed by atoms with Crippen LogP contribution in [0, 0.1) is 0 Å². The Morgan fingerprint density at radius 2 is 0.893 bits per heavy atom. The first-order chi connectivity index (χ1) is 13.8. The zero-order valence-electron chi connectivity index (χ0n) is 16.0. The van der Waals surface area contributed by atoms with E-state index >= 15 is 0 Å². The monoisotopic (exact) mass is 370 g/mol. The van der Waals surface area contributed by atoms with Crippen LogP contribution in [-0.4, -0.2) is 23.4 Å². The van der Waals surface area contributed by atoms with E-state index in [1.165, 1.54) is 32.7 Å². The highest BCUT2D eigenvalue weighted by Crippen LogP contribution is 2.39. The summed E-state index contributed by atoms with van der Waals surface area (Å²) in [6, 6.07) is 29.9. The fourth-order valence-corrected chi connectivity index (χ4v) is 4.36. The Kier molecular flexibility index (Phi) is 5.70. The molecule has 0 heterocycles. The van der Waals surface area contributed by atoms with Crippen molar-refractivity contribution in [3.63, 3.8) is 0 Å². The van der Waals surface area contributed by atoms with Crippen LogP contribution in [0.4, 0.5) is 0 Å². The molecule has 0 aliphatic rings. The average molecular weight is 370 g/mol. The fourth-order valence-electron chi connectivity index (χ4n) is 4.36. The van der Waals surface area contributed by atoms with E-state index in [9.17, 15) is 10.2 Å². The van der Waals surface area contributed by atoms with Crippen LogP contribution in [0.5, 0.6) is 0 Å². The third-order valence-electron chi connectivity index (χ3n) is 5.77. The second kappa shape index (κ2) is 8.55. The van der Waals surface area contributed by atoms with Gasteiger partial charge in [0, 0.05) is 13.2 Å². The number of hydrogen-bond donors (Lipinski definition) is 2. The first-order valence-electron chi connectivity index (χ1n) is 9.99. The van der Waals surface area contributed by atoms with Crippen LogP contribution in [0.25, 0.3) is 21.5 Å². The van der Waals surface area contributed by atoms with Gasteiger partial charge >= 0.3 is 0 Å². The first-order valence-corrected chi connectivity index (χ1v) is 9.99. The molecule has 2 nitrogen and oxygen atoms in total. The molecule has 0 aromatic heterocycles. The number of aliphatic hydroxyl groups excluding tert-OH is 2. The maximum atomic E-state index is 9.78. The molecule has 0 fully saturated rings. The summed E-state index contributed by atoms with van der Waals surface area (Å²) in [6.45, 7) is 0.264. The number of benzene rings is 4. The van der Waals surface area contributed by atoms with Gasteiger partial charge in [-0.3, -0.25) is 0 Å². The molecule has 2 atom stereocenters. The molecule has 2 N–H and O–H groups in total. The van der Waals surface area contributed by atoms with Crippen LogP contribution in [0.3, 0.4) is 0 Å². The molecular formula is C26H26O2. The van der Waals surface area contributed by atoms with Crippen LogP contribution < -0.4 is 0 Å². The van der Waals surface area contributed by atoms with E-state index in [1.807, 2.05) is 0 Å². The summed E-state index contributed by atoms with van der Waals surface area (Å²) < 4.78 is 0. The SMILES string of the molecule is OCC[C@@H](c1ccc2ccccc2c1)[C@@H](CCO)c1ccc2ccccc2c1. The van der Waals surface area contributed by atoms with E-state index in [1.54, 1.807) is 0 Å². The number of rotatable bonds is 7. The molecule has 0 aliphatic carbocycles. The van der Waals surface area contributed by atoms with Crippen LogP contribution in [-0.2, 0) is 0 Å². The minimum atomic E-state index is 0.132. The lowest BCUT2D eigenvalue weighted by Crippen LogP contribution is -2.15. The Morgan fingerprint density at radius 3 is 1.29 bits per heavy atom. The molecule has 2 heteroatoms. The topological polar surface area (TPSA) is 40.5 Å². The third-order valence-corrected chi connectivity index (χ3v) is 5.77. The smallest absolute Gasteiger partial charge is 0.0437 e. The molecule has 28 heavy (non-hydrogen) atoms. The minimum Gasteiger partial charge on any atom is -0.396 e. The molecule has 0 spiro atoms. The van der Waals surface area contributed by atoms with Crippen molar-refractivity contribution >= 4 is 21.5 Å². The van der Waals surface area contributed by atoms with Gasteiger partial charge in [-0.2, -0.15) is 0 Å². The van der Waals surface area contributed by atoms with Crippen molar-refractivity contribution in [2.45, 2.75) is 24.7 Å². The molecule has 0 aliphatic heterocycles. The second-order valence-electron chi connectivity index (χ2n) is 7.45. The zero-order valence-corrected chi connectivity index (χ0v) is 16.0. The van der Waals surface area contributed by atoms with Gasteiger partial charge in [0.15, 0.2) is 0 Å². The van der Waals surface area contributed by atoms with Gasteiger partial charge in [0.25, 0.3) is 0 Å². The molecule has 0 unspecified atom stereocenters. The van der Waals surface area contributed by atoms with Crippen LogP contribution in [0.1, 0.15) is 35.8 Å². The number of fused-ring (bicyclic) bond motifs is 2. The first kappa shape index (κ1) is 18.7. The average Bonchev–Trinajstić information content (AvgIpc) is 2.75. The Balaban J connectivity index is 1.78. The standard InChI is InChI=1S/C26H26O2/c27-15-13-25(23-11-9-19-5-1-3-7-21(19)17-23)26(14-16-28)24-12-10-20-6-2-4-8-22(20)18-24/h1-12,17-18,25-28H,13-16H2/t25-,26-/m0/s1. The molecule has 4 rings (SSSR count). The van der Waals surface area contributed by atoms with Gasteiger partial charge < -0.3 is 10.2 Å². The molecular weight excluding hydrogens is 344 g/mol. The van der Waals surface area contributed by atoms with E-state index in [0.717, 1.165) is 0 Å². The molecule has 4 aromatic rings. The second-order valence-corrected chi connectivity index (χ2v) is 7.45. The van der Waals surface area contributed by atoms with Crippen LogP contribution in [0.2, 0.25) is 0 Å². The lowest BCUT2D eigenvalue weighted by atomic mass is 9.77. The minimum absolute atomic E-state index is 0.132. The van der Waals surface area contributed by atoms with Gasteiger partial charge in [-0.25, -0.2) is 0 Å². The summed E-state index contributed by atoms with van der Waals surface area (Å²) in [5.74, 6) is 0.311.